The molecule has 0 unspecified atom stereocenters. The van der Waals surface area contributed by atoms with E-state index in [2.05, 4.69) is 15.9 Å². The summed E-state index contributed by atoms with van der Waals surface area (Å²) in [6.45, 7) is 3.06. The van der Waals surface area contributed by atoms with Crippen molar-refractivity contribution < 1.29 is 9.72 Å². The molecule has 4 nitrogen and oxygen atoms in total. The van der Waals surface area contributed by atoms with Crippen molar-refractivity contribution in [3.8, 4) is 0 Å². The second-order valence-electron chi connectivity index (χ2n) is 2.62. The van der Waals surface area contributed by atoms with E-state index in [-0.39, 0.29) is 11.5 Å². The summed E-state index contributed by atoms with van der Waals surface area (Å²) < 4.78 is 0.514. The van der Waals surface area contributed by atoms with Gasteiger partial charge in [0.05, 0.1) is 9.40 Å². The smallest absolute Gasteiger partial charge is 0.283 e. The molecule has 0 aliphatic rings. The fraction of sp³-hybridized carbons (Fsp3) is 0.222. The van der Waals surface area contributed by atoms with Crippen molar-refractivity contribution in [1.82, 2.24) is 0 Å². The number of para-hydroxylation sites is 1. The number of nitro groups is 1. The average Bonchev–Trinajstić information content (AvgIpc) is 2.03. The number of nitro benzene ring substituents is 1. The van der Waals surface area contributed by atoms with E-state index in [0.29, 0.717) is 4.47 Å². The first-order valence-electron chi connectivity index (χ1n) is 3.81. The molecular weight excluding hydrogens is 250 g/mol. The Kier molecular flexibility index (Phi) is 5.71. The van der Waals surface area contributed by atoms with Crippen molar-refractivity contribution in [3.63, 3.8) is 0 Å². The van der Waals surface area contributed by atoms with Crippen molar-refractivity contribution in [1.29, 1.82) is 0 Å². The van der Waals surface area contributed by atoms with Crippen LogP contribution in [0.5, 0.6) is 0 Å². The first kappa shape index (κ1) is 12.8. The van der Waals surface area contributed by atoms with E-state index in [9.17, 15) is 14.9 Å². The average molecular weight is 260 g/mol. The van der Waals surface area contributed by atoms with Crippen LogP contribution in [-0.2, 0) is 4.79 Å². The monoisotopic (exact) mass is 259 g/mol. The zero-order valence-electron chi connectivity index (χ0n) is 7.86. The molecule has 0 bridgehead atoms. The maximum atomic E-state index is 10.2. The Balaban J connectivity index is 0.000000364. The maximum absolute atomic E-state index is 10.2. The molecule has 0 saturated heterocycles. The number of nitrogens with zero attached hydrogens (tertiary/aromatic N) is 1. The Morgan fingerprint density at radius 1 is 1.36 bits per heavy atom. The Hall–Kier alpha value is -1.23. The number of ketones is 1. The van der Waals surface area contributed by atoms with Gasteiger partial charge in [-0.2, -0.15) is 0 Å². The molecule has 0 aliphatic heterocycles. The first-order chi connectivity index (χ1) is 6.45. The summed E-state index contributed by atoms with van der Waals surface area (Å²) in [7, 11) is 0. The molecule has 0 radical (unpaired) electrons. The lowest BCUT2D eigenvalue weighted by atomic mass is 10.3. The third-order valence-electron chi connectivity index (χ3n) is 1.05. The van der Waals surface area contributed by atoms with Crippen LogP contribution in [0.1, 0.15) is 13.8 Å². The number of benzene rings is 1. The van der Waals surface area contributed by atoms with Crippen molar-refractivity contribution in [2.24, 2.45) is 0 Å². The molecule has 1 rings (SSSR count). The molecule has 5 heteroatoms. The highest BCUT2D eigenvalue weighted by atomic mass is 79.9. The minimum Gasteiger partial charge on any atom is -0.300 e. The van der Waals surface area contributed by atoms with Gasteiger partial charge in [-0.05, 0) is 35.8 Å². The molecule has 0 aliphatic carbocycles. The Labute approximate surface area is 90.2 Å². The number of hydrogen-bond acceptors (Lipinski definition) is 3. The van der Waals surface area contributed by atoms with Crippen LogP contribution in [-0.4, -0.2) is 10.7 Å². The van der Waals surface area contributed by atoms with Gasteiger partial charge < -0.3 is 4.79 Å². The molecule has 0 atom stereocenters. The lowest BCUT2D eigenvalue weighted by molar-refractivity contribution is -0.385. The lowest BCUT2D eigenvalue weighted by Gasteiger charge is -1.91. The third-order valence-corrected chi connectivity index (χ3v) is 1.72. The number of carbonyl (C=O) groups excluding carboxylic acids is 1. The molecule has 76 valence electrons. The summed E-state index contributed by atoms with van der Waals surface area (Å²) in [6, 6.07) is 6.45. The normalized spacial score (nSPS) is 8.50. The lowest BCUT2D eigenvalue weighted by Crippen LogP contribution is -1.87. The SMILES string of the molecule is CC(C)=O.O=[N+]([O-])c1ccccc1Br. The van der Waals surface area contributed by atoms with E-state index < -0.39 is 4.92 Å². The molecule has 14 heavy (non-hydrogen) atoms. The molecule has 0 amide bonds. The number of hydrogen-bond donors (Lipinski definition) is 0. The number of Topliss-reactive ketones (excluding diaryl/α,β-unsaturated/α-hetero) is 1. The molecule has 0 N–H and O–H groups in total. The van der Waals surface area contributed by atoms with Crippen molar-refractivity contribution in [3.05, 3.63) is 38.9 Å². The summed E-state index contributed by atoms with van der Waals surface area (Å²) in [5, 5.41) is 10.2. The summed E-state index contributed by atoms with van der Waals surface area (Å²) in [5.74, 6) is 0.167. The van der Waals surface area contributed by atoms with Crippen molar-refractivity contribution in [2.45, 2.75) is 13.8 Å². The molecule has 0 saturated carbocycles. The van der Waals surface area contributed by atoms with E-state index in [4.69, 9.17) is 0 Å². The molecule has 1 aromatic rings. The van der Waals surface area contributed by atoms with Gasteiger partial charge in [-0.15, -0.1) is 0 Å². The highest BCUT2D eigenvalue weighted by Crippen LogP contribution is 2.22. The molecule has 0 fully saturated rings. The molecule has 1 aromatic carbocycles. The fourth-order valence-electron chi connectivity index (χ4n) is 0.600. The van der Waals surface area contributed by atoms with Crippen LogP contribution in [0.2, 0.25) is 0 Å². The van der Waals surface area contributed by atoms with Crippen LogP contribution < -0.4 is 0 Å². The predicted octanol–water partition coefficient (Wildman–Crippen LogP) is 2.95. The predicted molar refractivity (Wildman–Crippen MR) is 57.2 cm³/mol. The molecule has 0 aromatic heterocycles. The van der Waals surface area contributed by atoms with Gasteiger partial charge in [0.2, 0.25) is 0 Å². The standard InChI is InChI=1S/C6H4BrNO2.C3H6O/c7-5-3-1-2-4-6(5)8(9)10;1-3(2)4/h1-4H;1-2H3. The van der Waals surface area contributed by atoms with Gasteiger partial charge in [0.1, 0.15) is 5.78 Å². The highest BCUT2D eigenvalue weighted by Gasteiger charge is 2.07. The second kappa shape index (κ2) is 6.26. The quantitative estimate of drug-likeness (QED) is 0.576. The minimum atomic E-state index is -0.427. The zero-order chi connectivity index (χ0) is 11.1. The maximum Gasteiger partial charge on any atom is 0.283 e. The summed E-state index contributed by atoms with van der Waals surface area (Å²) in [4.78, 5) is 19.2. The minimum absolute atomic E-state index is 0.0995. The van der Waals surface area contributed by atoms with Crippen molar-refractivity contribution in [2.75, 3.05) is 0 Å². The number of carbonyl (C=O) groups is 1. The van der Waals surface area contributed by atoms with Gasteiger partial charge >= 0.3 is 0 Å². The van der Waals surface area contributed by atoms with E-state index >= 15 is 0 Å². The number of rotatable bonds is 1. The summed E-state index contributed by atoms with van der Waals surface area (Å²) >= 11 is 3.06. The van der Waals surface area contributed by atoms with Crippen molar-refractivity contribution >= 4 is 27.4 Å². The van der Waals surface area contributed by atoms with Gasteiger partial charge in [-0.3, -0.25) is 10.1 Å². The van der Waals surface area contributed by atoms with Crippen LogP contribution >= 0.6 is 15.9 Å². The number of halogens is 1. The van der Waals surface area contributed by atoms with Crippen LogP contribution in [0.25, 0.3) is 0 Å². The van der Waals surface area contributed by atoms with Crippen LogP contribution in [0.4, 0.5) is 5.69 Å². The fourth-order valence-corrected chi connectivity index (χ4v) is 1.03. The molecule has 0 heterocycles. The van der Waals surface area contributed by atoms with E-state index in [1.54, 1.807) is 18.2 Å². The Morgan fingerprint density at radius 2 is 1.79 bits per heavy atom. The van der Waals surface area contributed by atoms with Gasteiger partial charge in [-0.1, -0.05) is 12.1 Å². The van der Waals surface area contributed by atoms with E-state index in [1.165, 1.54) is 19.9 Å². The highest BCUT2D eigenvalue weighted by molar-refractivity contribution is 9.10. The Morgan fingerprint density at radius 3 is 2.07 bits per heavy atom. The second-order valence-corrected chi connectivity index (χ2v) is 3.47. The van der Waals surface area contributed by atoms with E-state index in [1.807, 2.05) is 0 Å². The van der Waals surface area contributed by atoms with Gasteiger partial charge in [-0.25, -0.2) is 0 Å². The van der Waals surface area contributed by atoms with Crippen LogP contribution in [0.15, 0.2) is 28.7 Å². The topological polar surface area (TPSA) is 60.2 Å². The van der Waals surface area contributed by atoms with Crippen LogP contribution in [0, 0.1) is 10.1 Å². The molecule has 0 spiro atoms. The third kappa shape index (κ3) is 5.42. The summed E-state index contributed by atoms with van der Waals surface area (Å²) in [6.07, 6.45) is 0. The zero-order valence-corrected chi connectivity index (χ0v) is 9.45. The van der Waals surface area contributed by atoms with Crippen LogP contribution in [0.3, 0.4) is 0 Å². The van der Waals surface area contributed by atoms with Gasteiger partial charge in [0.25, 0.3) is 5.69 Å². The van der Waals surface area contributed by atoms with Gasteiger partial charge in [0.15, 0.2) is 0 Å². The van der Waals surface area contributed by atoms with Gasteiger partial charge in [0, 0.05) is 6.07 Å². The largest absolute Gasteiger partial charge is 0.300 e. The first-order valence-corrected chi connectivity index (χ1v) is 4.60. The Bertz CT molecular complexity index is 335. The molecular formula is C9H10BrNO3. The van der Waals surface area contributed by atoms with E-state index in [0.717, 1.165) is 0 Å². The summed E-state index contributed by atoms with van der Waals surface area (Å²) in [5.41, 5.74) is 0.0995.